The van der Waals surface area contributed by atoms with Gasteiger partial charge in [-0.1, -0.05) is 42.1 Å². The fraction of sp³-hybridized carbons (Fsp3) is 0.286. The van der Waals surface area contributed by atoms with E-state index in [-0.39, 0.29) is 22.3 Å². The van der Waals surface area contributed by atoms with Crippen molar-refractivity contribution in [2.45, 2.75) is 18.8 Å². The van der Waals surface area contributed by atoms with Crippen LogP contribution in [0.4, 0.5) is 13.2 Å². The number of rotatable bonds is 3. The lowest BCUT2D eigenvalue weighted by Crippen LogP contribution is -2.49. The first-order valence-corrected chi connectivity index (χ1v) is 7.38. The van der Waals surface area contributed by atoms with Gasteiger partial charge in [0.2, 0.25) is 0 Å². The van der Waals surface area contributed by atoms with Gasteiger partial charge in [-0.05, 0) is 12.3 Å². The minimum absolute atomic E-state index is 0.157. The largest absolute Gasteiger partial charge is 0.487 e. The summed E-state index contributed by atoms with van der Waals surface area (Å²) < 4.78 is 39.5. The highest BCUT2D eigenvalue weighted by Gasteiger charge is 2.44. The SMILES string of the molecule is CSC1=NC=CC(CC(=O)c2ccccc2)N1C(F)(F)F. The molecule has 21 heavy (non-hydrogen) atoms. The second-order valence-electron chi connectivity index (χ2n) is 4.36. The number of carbonyl (C=O) groups is 1. The van der Waals surface area contributed by atoms with Crippen LogP contribution >= 0.6 is 11.8 Å². The fourth-order valence-electron chi connectivity index (χ4n) is 2.03. The molecule has 0 spiro atoms. The first-order chi connectivity index (χ1) is 9.93. The Labute approximate surface area is 124 Å². The van der Waals surface area contributed by atoms with Crippen LogP contribution in [0.2, 0.25) is 0 Å². The summed E-state index contributed by atoms with van der Waals surface area (Å²) in [6, 6.07) is 7.23. The molecule has 0 aromatic heterocycles. The molecule has 0 amide bonds. The first kappa shape index (κ1) is 15.6. The van der Waals surface area contributed by atoms with E-state index in [9.17, 15) is 18.0 Å². The van der Waals surface area contributed by atoms with Gasteiger partial charge >= 0.3 is 6.30 Å². The zero-order valence-electron chi connectivity index (χ0n) is 11.2. The number of amidine groups is 1. The summed E-state index contributed by atoms with van der Waals surface area (Å²) in [7, 11) is 0. The van der Waals surface area contributed by atoms with E-state index in [1.807, 2.05) is 0 Å². The Bertz CT molecular complexity index is 569. The van der Waals surface area contributed by atoms with Gasteiger partial charge in [0.25, 0.3) is 0 Å². The summed E-state index contributed by atoms with van der Waals surface area (Å²) in [5.41, 5.74) is 0.404. The summed E-state index contributed by atoms with van der Waals surface area (Å²) in [5.74, 6) is -0.332. The molecular formula is C14H13F3N2OS. The third-order valence-corrected chi connectivity index (χ3v) is 3.64. The van der Waals surface area contributed by atoms with E-state index in [4.69, 9.17) is 0 Å². The molecule has 0 N–H and O–H groups in total. The van der Waals surface area contributed by atoms with Crippen molar-refractivity contribution in [2.24, 2.45) is 4.99 Å². The van der Waals surface area contributed by atoms with Gasteiger partial charge in [0.05, 0.1) is 6.04 Å². The van der Waals surface area contributed by atoms with Crippen molar-refractivity contribution in [2.75, 3.05) is 6.26 Å². The lowest BCUT2D eigenvalue weighted by Gasteiger charge is -2.34. The van der Waals surface area contributed by atoms with Crippen molar-refractivity contribution in [3.63, 3.8) is 0 Å². The van der Waals surface area contributed by atoms with Crippen molar-refractivity contribution in [1.29, 1.82) is 0 Å². The standard InChI is InChI=1S/C14H13F3N2OS/c1-21-13-18-8-7-11(19(13)14(15,16)17)9-12(20)10-5-3-2-4-6-10/h2-8,11H,9H2,1H3. The summed E-state index contributed by atoms with van der Waals surface area (Å²) in [5, 5.41) is -0.157. The minimum atomic E-state index is -4.58. The van der Waals surface area contributed by atoms with Gasteiger partial charge in [0.15, 0.2) is 11.0 Å². The number of ketones is 1. The molecule has 0 saturated heterocycles. The van der Waals surface area contributed by atoms with E-state index in [0.29, 0.717) is 5.56 Å². The summed E-state index contributed by atoms with van der Waals surface area (Å²) in [6.07, 6.45) is -0.689. The molecule has 7 heteroatoms. The number of benzene rings is 1. The predicted octanol–water partition coefficient (Wildman–Crippen LogP) is 3.70. The van der Waals surface area contributed by atoms with Crippen LogP contribution in [0.5, 0.6) is 0 Å². The molecule has 1 aromatic carbocycles. The normalized spacial score (nSPS) is 18.6. The molecule has 0 radical (unpaired) electrons. The highest BCUT2D eigenvalue weighted by atomic mass is 32.2. The quantitative estimate of drug-likeness (QED) is 0.630. The highest BCUT2D eigenvalue weighted by molar-refractivity contribution is 8.13. The second kappa shape index (κ2) is 6.34. The molecule has 1 atom stereocenters. The Hall–Kier alpha value is -1.76. The Morgan fingerprint density at radius 3 is 2.57 bits per heavy atom. The summed E-state index contributed by atoms with van der Waals surface area (Å²) in [6.45, 7) is 0. The zero-order chi connectivity index (χ0) is 15.5. The molecule has 0 bridgehead atoms. The summed E-state index contributed by atoms with van der Waals surface area (Å²) >= 11 is 0.901. The van der Waals surface area contributed by atoms with Crippen LogP contribution in [-0.4, -0.2) is 34.4 Å². The smallest absolute Gasteiger partial charge is 0.294 e. The number of carbonyl (C=O) groups excluding carboxylic acids is 1. The average molecular weight is 314 g/mol. The molecule has 112 valence electrons. The highest BCUT2D eigenvalue weighted by Crippen LogP contribution is 2.31. The number of hydrogen-bond donors (Lipinski definition) is 0. The Balaban J connectivity index is 2.20. The molecular weight excluding hydrogens is 301 g/mol. The van der Waals surface area contributed by atoms with Crippen LogP contribution in [0.1, 0.15) is 16.8 Å². The third-order valence-electron chi connectivity index (χ3n) is 2.98. The van der Waals surface area contributed by atoms with Gasteiger partial charge in [-0.15, -0.1) is 13.2 Å². The van der Waals surface area contributed by atoms with Crippen molar-refractivity contribution in [1.82, 2.24) is 4.90 Å². The van der Waals surface area contributed by atoms with E-state index < -0.39 is 12.3 Å². The number of nitrogens with zero attached hydrogens (tertiary/aromatic N) is 2. The van der Waals surface area contributed by atoms with Gasteiger partial charge < -0.3 is 0 Å². The van der Waals surface area contributed by atoms with Crippen LogP contribution < -0.4 is 0 Å². The van der Waals surface area contributed by atoms with Crippen molar-refractivity contribution in [3.8, 4) is 0 Å². The lowest BCUT2D eigenvalue weighted by atomic mass is 10.0. The van der Waals surface area contributed by atoms with Gasteiger partial charge in [0.1, 0.15) is 0 Å². The van der Waals surface area contributed by atoms with Crippen molar-refractivity contribution >= 4 is 22.7 Å². The minimum Gasteiger partial charge on any atom is -0.294 e. The van der Waals surface area contributed by atoms with Gasteiger partial charge in [-0.2, -0.15) is 0 Å². The summed E-state index contributed by atoms with van der Waals surface area (Å²) in [4.78, 5) is 16.1. The second-order valence-corrected chi connectivity index (χ2v) is 5.13. The van der Waals surface area contributed by atoms with E-state index in [1.54, 1.807) is 30.3 Å². The number of thioether (sulfide) groups is 1. The molecule has 0 aliphatic carbocycles. The van der Waals surface area contributed by atoms with E-state index in [1.165, 1.54) is 18.5 Å². The molecule has 1 aliphatic rings. The average Bonchev–Trinajstić information content (AvgIpc) is 2.46. The molecule has 1 aromatic rings. The topological polar surface area (TPSA) is 32.7 Å². The number of halogens is 3. The van der Waals surface area contributed by atoms with Crippen molar-refractivity contribution < 1.29 is 18.0 Å². The van der Waals surface area contributed by atoms with Gasteiger partial charge in [0, 0.05) is 18.2 Å². The fourth-order valence-corrected chi connectivity index (χ4v) is 2.64. The maximum Gasteiger partial charge on any atom is 0.487 e. The van der Waals surface area contributed by atoms with Crippen LogP contribution in [0, 0.1) is 0 Å². The van der Waals surface area contributed by atoms with Crippen LogP contribution in [-0.2, 0) is 0 Å². The van der Waals surface area contributed by atoms with Gasteiger partial charge in [-0.25, -0.2) is 4.99 Å². The maximum atomic E-state index is 13.2. The van der Waals surface area contributed by atoms with Crippen molar-refractivity contribution in [3.05, 3.63) is 48.2 Å². The van der Waals surface area contributed by atoms with Crippen LogP contribution in [0.3, 0.4) is 0 Å². The number of Topliss-reactive ketones (excluding diaryl/α,β-unsaturated/α-hetero) is 1. The van der Waals surface area contributed by atoms with Crippen LogP contribution in [0.15, 0.2) is 47.6 Å². The van der Waals surface area contributed by atoms with E-state index >= 15 is 0 Å². The maximum absolute atomic E-state index is 13.2. The third kappa shape index (κ3) is 3.66. The van der Waals surface area contributed by atoms with E-state index in [0.717, 1.165) is 11.8 Å². The number of hydrogen-bond acceptors (Lipinski definition) is 4. The van der Waals surface area contributed by atoms with Gasteiger partial charge in [-0.3, -0.25) is 9.69 Å². The molecule has 3 nitrogen and oxygen atoms in total. The van der Waals surface area contributed by atoms with Crippen LogP contribution in [0.25, 0.3) is 0 Å². The first-order valence-electron chi connectivity index (χ1n) is 6.16. The molecule has 2 rings (SSSR count). The number of alkyl halides is 3. The Kier molecular flexibility index (Phi) is 4.72. The predicted molar refractivity (Wildman–Crippen MR) is 77.2 cm³/mol. The molecule has 1 unspecified atom stereocenters. The monoisotopic (exact) mass is 314 g/mol. The number of aliphatic imine (C=N–C) groups is 1. The molecule has 1 aliphatic heterocycles. The molecule has 1 heterocycles. The molecule has 0 saturated carbocycles. The Morgan fingerprint density at radius 1 is 1.33 bits per heavy atom. The zero-order valence-corrected chi connectivity index (χ0v) is 12.0. The lowest BCUT2D eigenvalue weighted by molar-refractivity contribution is -0.223. The molecule has 0 fully saturated rings. The Morgan fingerprint density at radius 2 is 2.00 bits per heavy atom. The van der Waals surface area contributed by atoms with E-state index in [2.05, 4.69) is 4.99 Å².